The predicted octanol–water partition coefficient (Wildman–Crippen LogP) is 2.56. The molecule has 0 aliphatic carbocycles. The molecule has 0 unspecified atom stereocenters. The molecule has 128 valence electrons. The van der Waals surface area contributed by atoms with E-state index in [1.54, 1.807) is 23.1 Å². The number of anilines is 1. The second-order valence-electron chi connectivity index (χ2n) is 5.07. The molecular formula is C17H17N5O2S. The van der Waals surface area contributed by atoms with E-state index in [1.165, 1.54) is 22.7 Å². The number of thioether (sulfide) groups is 1. The van der Waals surface area contributed by atoms with Gasteiger partial charge in [0.25, 0.3) is 0 Å². The fourth-order valence-electron chi connectivity index (χ4n) is 2.24. The second-order valence-corrected chi connectivity index (χ2v) is 6.01. The van der Waals surface area contributed by atoms with Crippen molar-refractivity contribution in [1.29, 1.82) is 0 Å². The summed E-state index contributed by atoms with van der Waals surface area (Å²) < 4.78 is 6.59. The largest absolute Gasteiger partial charge is 0.461 e. The Bertz CT molecular complexity index is 845. The summed E-state index contributed by atoms with van der Waals surface area (Å²) in [5, 5.41) is 8.47. The van der Waals surface area contributed by atoms with E-state index in [2.05, 4.69) is 16.8 Å². The first-order valence-electron chi connectivity index (χ1n) is 7.54. The lowest BCUT2D eigenvalue weighted by Crippen LogP contribution is -2.32. The van der Waals surface area contributed by atoms with Crippen molar-refractivity contribution in [3.63, 3.8) is 0 Å². The molecule has 0 spiro atoms. The molecule has 8 heteroatoms. The molecule has 2 heterocycles. The molecule has 0 atom stereocenters. The lowest BCUT2D eigenvalue weighted by molar-refractivity contribution is -0.116. The van der Waals surface area contributed by atoms with Crippen LogP contribution in [0.4, 0.5) is 5.69 Å². The van der Waals surface area contributed by atoms with Crippen LogP contribution in [0.25, 0.3) is 11.6 Å². The average molecular weight is 355 g/mol. The molecule has 7 nitrogen and oxygen atoms in total. The Morgan fingerprint density at radius 1 is 1.28 bits per heavy atom. The number of aromatic nitrogens is 3. The van der Waals surface area contributed by atoms with Gasteiger partial charge in [0.1, 0.15) is 0 Å². The van der Waals surface area contributed by atoms with Crippen LogP contribution in [0.3, 0.4) is 0 Å². The minimum Gasteiger partial charge on any atom is -0.461 e. The summed E-state index contributed by atoms with van der Waals surface area (Å²) in [5.41, 5.74) is 0.818. The van der Waals surface area contributed by atoms with Crippen LogP contribution >= 0.6 is 11.8 Å². The molecule has 0 saturated carbocycles. The highest BCUT2D eigenvalue weighted by Gasteiger charge is 2.18. The van der Waals surface area contributed by atoms with Crippen molar-refractivity contribution in [1.82, 2.24) is 14.9 Å². The number of amides is 1. The third-order valence-corrected chi connectivity index (χ3v) is 4.34. The monoisotopic (exact) mass is 355 g/mol. The molecule has 2 aromatic heterocycles. The van der Waals surface area contributed by atoms with E-state index in [0.29, 0.717) is 23.3 Å². The van der Waals surface area contributed by atoms with Gasteiger partial charge in [0.15, 0.2) is 5.76 Å². The standard InChI is InChI=1S/C17H17N5O2S/c1-2-10-21(13-7-4-3-5-8-13)15(23)12-25-17-20-19-16(22(17)18)14-9-6-11-24-14/h2-9,11H,1,10,12,18H2. The Labute approximate surface area is 149 Å². The number of nitrogens with two attached hydrogens (primary N) is 1. The summed E-state index contributed by atoms with van der Waals surface area (Å²) in [5.74, 6) is 7.03. The molecule has 0 fully saturated rings. The molecule has 2 N–H and O–H groups in total. The van der Waals surface area contributed by atoms with Gasteiger partial charge < -0.3 is 15.2 Å². The first kappa shape index (κ1) is 16.8. The first-order valence-corrected chi connectivity index (χ1v) is 8.52. The maximum Gasteiger partial charge on any atom is 0.237 e. The van der Waals surface area contributed by atoms with E-state index >= 15 is 0 Å². The quantitative estimate of drug-likeness (QED) is 0.398. The van der Waals surface area contributed by atoms with Gasteiger partial charge >= 0.3 is 0 Å². The van der Waals surface area contributed by atoms with E-state index < -0.39 is 0 Å². The van der Waals surface area contributed by atoms with Gasteiger partial charge in [0.2, 0.25) is 16.9 Å². The zero-order chi connectivity index (χ0) is 17.6. The first-order chi connectivity index (χ1) is 12.2. The predicted molar refractivity (Wildman–Crippen MR) is 97.6 cm³/mol. The Kier molecular flexibility index (Phi) is 5.20. The van der Waals surface area contributed by atoms with Crippen molar-refractivity contribution >= 4 is 23.4 Å². The molecule has 1 aromatic carbocycles. The number of hydrogen-bond acceptors (Lipinski definition) is 6. The summed E-state index contributed by atoms with van der Waals surface area (Å²) >= 11 is 1.22. The minimum absolute atomic E-state index is 0.0707. The Hall–Kier alpha value is -3.00. The summed E-state index contributed by atoms with van der Waals surface area (Å²) in [6, 6.07) is 12.9. The summed E-state index contributed by atoms with van der Waals surface area (Å²) in [6.45, 7) is 4.14. The van der Waals surface area contributed by atoms with Gasteiger partial charge in [-0.1, -0.05) is 36.0 Å². The number of rotatable bonds is 7. The number of nitrogens with zero attached hydrogens (tertiary/aromatic N) is 4. The fourth-order valence-corrected chi connectivity index (χ4v) is 2.97. The highest BCUT2D eigenvalue weighted by atomic mass is 32.2. The number of carbonyl (C=O) groups is 1. The third-order valence-electron chi connectivity index (χ3n) is 3.41. The van der Waals surface area contributed by atoms with Gasteiger partial charge in [-0.15, -0.1) is 16.8 Å². The lowest BCUT2D eigenvalue weighted by Gasteiger charge is -2.20. The molecule has 1 amide bonds. The number of nitrogen functional groups attached to an aromatic ring is 1. The number of furan rings is 1. The number of para-hydroxylation sites is 1. The third kappa shape index (κ3) is 3.74. The van der Waals surface area contributed by atoms with Crippen molar-refractivity contribution < 1.29 is 9.21 Å². The van der Waals surface area contributed by atoms with Crippen molar-refractivity contribution in [3.8, 4) is 11.6 Å². The van der Waals surface area contributed by atoms with E-state index in [-0.39, 0.29) is 11.7 Å². The van der Waals surface area contributed by atoms with Crippen LogP contribution in [0.5, 0.6) is 0 Å². The Balaban J connectivity index is 1.70. The zero-order valence-corrected chi connectivity index (χ0v) is 14.2. The maximum atomic E-state index is 12.6. The van der Waals surface area contributed by atoms with E-state index in [9.17, 15) is 4.79 Å². The van der Waals surface area contributed by atoms with Crippen LogP contribution in [0, 0.1) is 0 Å². The van der Waals surface area contributed by atoms with Crippen LogP contribution in [0.1, 0.15) is 0 Å². The number of carbonyl (C=O) groups excluding carboxylic acids is 1. The van der Waals surface area contributed by atoms with Crippen molar-refractivity contribution in [2.24, 2.45) is 0 Å². The molecule has 3 rings (SSSR count). The normalized spacial score (nSPS) is 10.6. The van der Waals surface area contributed by atoms with E-state index in [1.807, 2.05) is 30.3 Å². The van der Waals surface area contributed by atoms with Crippen LogP contribution < -0.4 is 10.7 Å². The molecule has 0 bridgehead atoms. The number of hydrogen-bond donors (Lipinski definition) is 1. The number of benzene rings is 1. The van der Waals surface area contributed by atoms with Gasteiger partial charge in [0, 0.05) is 12.2 Å². The molecule has 0 aliphatic rings. The van der Waals surface area contributed by atoms with Crippen LogP contribution in [-0.4, -0.2) is 33.1 Å². The molecule has 0 saturated heterocycles. The lowest BCUT2D eigenvalue weighted by atomic mass is 10.3. The smallest absolute Gasteiger partial charge is 0.237 e. The van der Waals surface area contributed by atoms with Crippen molar-refractivity contribution in [2.75, 3.05) is 23.0 Å². The highest BCUT2D eigenvalue weighted by molar-refractivity contribution is 7.99. The molecule has 0 radical (unpaired) electrons. The van der Waals surface area contributed by atoms with Gasteiger partial charge in [-0.05, 0) is 24.3 Å². The van der Waals surface area contributed by atoms with Crippen LogP contribution in [0.2, 0.25) is 0 Å². The summed E-state index contributed by atoms with van der Waals surface area (Å²) in [4.78, 5) is 14.3. The minimum atomic E-state index is -0.0707. The highest BCUT2D eigenvalue weighted by Crippen LogP contribution is 2.23. The van der Waals surface area contributed by atoms with Gasteiger partial charge in [-0.25, -0.2) is 4.68 Å². The summed E-state index contributed by atoms with van der Waals surface area (Å²) in [6.07, 6.45) is 3.23. The van der Waals surface area contributed by atoms with Gasteiger partial charge in [-0.2, -0.15) is 0 Å². The molecule has 25 heavy (non-hydrogen) atoms. The molecule has 0 aliphatic heterocycles. The summed E-state index contributed by atoms with van der Waals surface area (Å²) in [7, 11) is 0. The Morgan fingerprint density at radius 3 is 2.76 bits per heavy atom. The van der Waals surface area contributed by atoms with Gasteiger partial charge in [-0.3, -0.25) is 4.79 Å². The topological polar surface area (TPSA) is 90.2 Å². The molecule has 3 aromatic rings. The Morgan fingerprint density at radius 2 is 2.08 bits per heavy atom. The maximum absolute atomic E-state index is 12.6. The van der Waals surface area contributed by atoms with Crippen molar-refractivity contribution in [2.45, 2.75) is 5.16 Å². The van der Waals surface area contributed by atoms with Crippen LogP contribution in [-0.2, 0) is 4.79 Å². The SMILES string of the molecule is C=CCN(C(=O)CSc1nnc(-c2ccco2)n1N)c1ccccc1. The van der Waals surface area contributed by atoms with E-state index in [0.717, 1.165) is 5.69 Å². The zero-order valence-electron chi connectivity index (χ0n) is 13.4. The van der Waals surface area contributed by atoms with Crippen LogP contribution in [0.15, 0.2) is 71.0 Å². The van der Waals surface area contributed by atoms with Crippen molar-refractivity contribution in [3.05, 3.63) is 61.4 Å². The molecular weight excluding hydrogens is 338 g/mol. The second kappa shape index (κ2) is 7.71. The van der Waals surface area contributed by atoms with E-state index in [4.69, 9.17) is 10.3 Å². The fraction of sp³-hybridized carbons (Fsp3) is 0.118. The van der Waals surface area contributed by atoms with Gasteiger partial charge in [0.05, 0.1) is 12.0 Å². The average Bonchev–Trinajstić information content (AvgIpc) is 3.28.